The monoisotopic (exact) mass is 342 g/mol. The van der Waals surface area contributed by atoms with Crippen molar-refractivity contribution in [3.63, 3.8) is 0 Å². The summed E-state index contributed by atoms with van der Waals surface area (Å²) in [6, 6.07) is 3.81. The summed E-state index contributed by atoms with van der Waals surface area (Å²) >= 11 is 0. The first-order valence-electron chi connectivity index (χ1n) is 7.81. The molecule has 0 bridgehead atoms. The fourth-order valence-electron chi connectivity index (χ4n) is 2.68. The van der Waals surface area contributed by atoms with Crippen LogP contribution >= 0.6 is 0 Å². The zero-order valence-corrected chi connectivity index (χ0v) is 14.5. The van der Waals surface area contributed by atoms with Crippen molar-refractivity contribution in [2.24, 2.45) is 7.05 Å². The van der Waals surface area contributed by atoms with Crippen LogP contribution in [0.4, 0.5) is 0 Å². The minimum absolute atomic E-state index is 0.103. The average Bonchev–Trinajstić information content (AvgIpc) is 2.55. The topological polar surface area (TPSA) is 96.1 Å². The molecule has 8 heteroatoms. The van der Waals surface area contributed by atoms with E-state index in [0.29, 0.717) is 5.52 Å². The first-order valence-corrected chi connectivity index (χ1v) is 7.81. The first kappa shape index (κ1) is 16.8. The highest BCUT2D eigenvalue weighted by atomic mass is 16.5. The van der Waals surface area contributed by atoms with Crippen molar-refractivity contribution in [2.75, 3.05) is 6.61 Å². The highest BCUT2D eigenvalue weighted by Crippen LogP contribution is 2.23. The summed E-state index contributed by atoms with van der Waals surface area (Å²) in [5, 5.41) is 0. The van der Waals surface area contributed by atoms with Crippen LogP contribution in [0.25, 0.3) is 22.6 Å². The van der Waals surface area contributed by atoms with Gasteiger partial charge >= 0.3 is 11.7 Å². The molecule has 3 rings (SSSR count). The third-order valence-corrected chi connectivity index (χ3v) is 4.20. The second kappa shape index (κ2) is 6.12. The molecule has 0 saturated carbocycles. The lowest BCUT2D eigenvalue weighted by Crippen LogP contribution is -2.36. The highest BCUT2D eigenvalue weighted by molar-refractivity contribution is 5.81. The molecule has 2 aliphatic rings. The van der Waals surface area contributed by atoms with Crippen LogP contribution in [0.1, 0.15) is 18.1 Å². The summed E-state index contributed by atoms with van der Waals surface area (Å²) in [5.74, 6) is -0.209. The number of hydrogen-bond acceptors (Lipinski definition) is 6. The molecule has 0 amide bonds. The molecule has 2 heterocycles. The molecule has 8 nitrogen and oxygen atoms in total. The fraction of sp³-hybridized carbons (Fsp3) is 0.353. The number of aromatic nitrogens is 4. The molecule has 0 atom stereocenters. The van der Waals surface area contributed by atoms with Crippen molar-refractivity contribution >= 4 is 17.0 Å². The number of carbonyl (C=O) groups excluding carboxylic acids is 1. The van der Waals surface area contributed by atoms with Gasteiger partial charge in [0.25, 0.3) is 5.56 Å². The molecule has 0 saturated heterocycles. The Kier molecular flexibility index (Phi) is 4.12. The first-order chi connectivity index (χ1) is 11.8. The van der Waals surface area contributed by atoms with Gasteiger partial charge in [0.1, 0.15) is 6.61 Å². The maximum absolute atomic E-state index is 12.4. The van der Waals surface area contributed by atoms with Gasteiger partial charge < -0.3 is 9.30 Å². The number of aryl methyl sites for hydroxylation is 2. The van der Waals surface area contributed by atoms with E-state index in [1.807, 2.05) is 26.0 Å². The quantitative estimate of drug-likeness (QED) is 0.515. The summed E-state index contributed by atoms with van der Waals surface area (Å²) < 4.78 is 7.65. The predicted octanol–water partition coefficient (Wildman–Crippen LogP) is 0.775. The van der Waals surface area contributed by atoms with E-state index in [1.54, 1.807) is 4.57 Å². The molecule has 0 N–H and O–H groups in total. The molecule has 2 aliphatic heterocycles. The van der Waals surface area contributed by atoms with E-state index in [0.717, 1.165) is 21.2 Å². The average molecular weight is 342 g/mol. The van der Waals surface area contributed by atoms with Crippen molar-refractivity contribution < 1.29 is 9.53 Å². The van der Waals surface area contributed by atoms with Gasteiger partial charge in [0.05, 0.1) is 17.6 Å². The lowest BCUT2D eigenvalue weighted by molar-refractivity contribution is -0.141. The van der Waals surface area contributed by atoms with E-state index in [9.17, 15) is 14.4 Å². The minimum atomic E-state index is -0.649. The Hall–Kier alpha value is -3.03. The Morgan fingerprint density at radius 3 is 2.52 bits per heavy atom. The van der Waals surface area contributed by atoms with Gasteiger partial charge in [-0.2, -0.15) is 4.98 Å². The Labute approximate surface area is 143 Å². The third-order valence-electron chi connectivity index (χ3n) is 4.20. The second-order valence-electron chi connectivity index (χ2n) is 5.96. The Bertz CT molecular complexity index is 1080. The van der Waals surface area contributed by atoms with Crippen LogP contribution in [0.15, 0.2) is 21.7 Å². The van der Waals surface area contributed by atoms with Gasteiger partial charge in [-0.1, -0.05) is 0 Å². The van der Waals surface area contributed by atoms with Crippen molar-refractivity contribution in [3.8, 4) is 11.5 Å². The molecule has 0 radical (unpaired) electrons. The van der Waals surface area contributed by atoms with Crippen LogP contribution in [0, 0.1) is 13.8 Å². The number of fused-ring (bicyclic) bond motifs is 2. The molecular weight excluding hydrogens is 324 g/mol. The minimum Gasteiger partial charge on any atom is -0.464 e. The fourth-order valence-corrected chi connectivity index (χ4v) is 2.68. The van der Waals surface area contributed by atoms with E-state index >= 15 is 0 Å². The lowest BCUT2D eigenvalue weighted by atomic mass is 10.1. The van der Waals surface area contributed by atoms with E-state index in [-0.39, 0.29) is 24.7 Å². The van der Waals surface area contributed by atoms with Gasteiger partial charge in [0, 0.05) is 14.0 Å². The van der Waals surface area contributed by atoms with Crippen molar-refractivity contribution in [1.82, 2.24) is 19.1 Å². The molecule has 0 spiro atoms. The molecule has 1 aromatic rings. The molecule has 1 aromatic carbocycles. The smallest absolute Gasteiger partial charge is 0.352 e. The van der Waals surface area contributed by atoms with E-state index in [4.69, 9.17) is 4.74 Å². The SMILES string of the molecule is CC(=O)OCCn1c2nc(=O)n(C)c(=O)c-2nc2cc(C)c(C)cc21. The standard InChI is InChI=1S/C17H18N4O4/c1-9-7-12-13(8-10(9)2)21(5-6-25-11(3)22)15-14(18-12)16(23)20(4)17(24)19-15/h7-8H,5-6H2,1-4H3. The largest absolute Gasteiger partial charge is 0.464 e. The van der Waals surface area contributed by atoms with E-state index < -0.39 is 17.2 Å². The summed E-state index contributed by atoms with van der Waals surface area (Å²) in [7, 11) is 1.37. The number of benzene rings is 1. The molecule has 130 valence electrons. The molecule has 0 fully saturated rings. The highest BCUT2D eigenvalue weighted by Gasteiger charge is 2.20. The second-order valence-corrected chi connectivity index (χ2v) is 5.96. The Morgan fingerprint density at radius 2 is 1.84 bits per heavy atom. The summed E-state index contributed by atoms with van der Waals surface area (Å²) in [4.78, 5) is 43.9. The number of ether oxygens (including phenoxy) is 1. The molecule has 0 aliphatic carbocycles. The molecule has 0 aromatic heterocycles. The van der Waals surface area contributed by atoms with Crippen LogP contribution in [-0.2, 0) is 23.1 Å². The van der Waals surface area contributed by atoms with Gasteiger partial charge in [-0.05, 0) is 37.1 Å². The van der Waals surface area contributed by atoms with Gasteiger partial charge in [-0.15, -0.1) is 0 Å². The van der Waals surface area contributed by atoms with Crippen LogP contribution in [-0.4, -0.2) is 31.7 Å². The van der Waals surface area contributed by atoms with Gasteiger partial charge in [0.2, 0.25) is 0 Å². The maximum Gasteiger partial charge on any atom is 0.352 e. The number of rotatable bonds is 3. The summed E-state index contributed by atoms with van der Waals surface area (Å²) in [6.45, 7) is 5.61. The van der Waals surface area contributed by atoms with Gasteiger partial charge in [-0.25, -0.2) is 9.78 Å². The van der Waals surface area contributed by atoms with Gasteiger partial charge in [-0.3, -0.25) is 14.2 Å². The van der Waals surface area contributed by atoms with Crippen LogP contribution in [0.3, 0.4) is 0 Å². The number of nitrogens with zero attached hydrogens (tertiary/aromatic N) is 4. The predicted molar refractivity (Wildman–Crippen MR) is 91.8 cm³/mol. The van der Waals surface area contributed by atoms with E-state index in [2.05, 4.69) is 9.97 Å². The zero-order chi connectivity index (χ0) is 18.3. The number of esters is 1. The number of hydrogen-bond donors (Lipinski definition) is 0. The normalized spacial score (nSPS) is 11.2. The third kappa shape index (κ3) is 2.90. The van der Waals surface area contributed by atoms with Crippen LogP contribution in [0.5, 0.6) is 0 Å². The maximum atomic E-state index is 12.4. The van der Waals surface area contributed by atoms with Crippen molar-refractivity contribution in [3.05, 3.63) is 44.1 Å². The number of carbonyl (C=O) groups is 1. The molecule has 0 unspecified atom stereocenters. The molecular formula is C17H18N4O4. The zero-order valence-electron chi connectivity index (χ0n) is 14.5. The Morgan fingerprint density at radius 1 is 1.16 bits per heavy atom. The summed E-state index contributed by atoms with van der Waals surface area (Å²) in [6.07, 6.45) is 0. The molecule has 25 heavy (non-hydrogen) atoms. The van der Waals surface area contributed by atoms with Crippen molar-refractivity contribution in [1.29, 1.82) is 0 Å². The van der Waals surface area contributed by atoms with Crippen LogP contribution < -0.4 is 11.2 Å². The summed E-state index contributed by atoms with van der Waals surface area (Å²) in [5.41, 5.74) is 2.39. The van der Waals surface area contributed by atoms with E-state index in [1.165, 1.54) is 14.0 Å². The van der Waals surface area contributed by atoms with Crippen molar-refractivity contribution in [2.45, 2.75) is 27.3 Å². The Balaban J connectivity index is 2.36. The van der Waals surface area contributed by atoms with Crippen LogP contribution in [0.2, 0.25) is 0 Å². The van der Waals surface area contributed by atoms with Gasteiger partial charge in [0.15, 0.2) is 11.5 Å². The lowest BCUT2D eigenvalue weighted by Gasteiger charge is -2.18.